The van der Waals surface area contributed by atoms with Gasteiger partial charge in [0.25, 0.3) is 0 Å². The lowest BCUT2D eigenvalue weighted by Gasteiger charge is -2.01. The van der Waals surface area contributed by atoms with E-state index in [-0.39, 0.29) is 18.0 Å². The molecule has 107 valence electrons. The Hall–Kier alpha value is -2.30. The zero-order chi connectivity index (χ0) is 15.7. The van der Waals surface area contributed by atoms with Crippen molar-refractivity contribution in [1.82, 2.24) is 0 Å². The van der Waals surface area contributed by atoms with Crippen LogP contribution in [0.5, 0.6) is 0 Å². The van der Waals surface area contributed by atoms with E-state index in [1.165, 1.54) is 0 Å². The highest BCUT2D eigenvalue weighted by Crippen LogP contribution is 2.09. The fourth-order valence-corrected chi connectivity index (χ4v) is 1.71. The minimum atomic E-state index is -1.00. The molecular weight excluding hydrogens is 273 g/mol. The molecule has 0 spiro atoms. The van der Waals surface area contributed by atoms with Crippen molar-refractivity contribution in [2.45, 2.75) is 13.3 Å². The fourth-order valence-electron chi connectivity index (χ4n) is 1.71. The molecule has 2 rings (SSSR count). The summed E-state index contributed by atoms with van der Waals surface area (Å²) in [5, 5.41) is 0. The van der Waals surface area contributed by atoms with Gasteiger partial charge in [0.15, 0.2) is 11.6 Å². The molecule has 0 aliphatic carbocycles. The third-order valence-corrected chi connectivity index (χ3v) is 2.79. The van der Waals surface area contributed by atoms with Crippen LogP contribution < -0.4 is 0 Å². The summed E-state index contributed by atoms with van der Waals surface area (Å²) in [6.45, 7) is 1.96. The second-order valence-corrected chi connectivity index (χ2v) is 4.34. The van der Waals surface area contributed by atoms with Crippen molar-refractivity contribution in [2.24, 2.45) is 0 Å². The minimum absolute atomic E-state index is 0.0763. The van der Waals surface area contributed by atoms with Crippen LogP contribution in [-0.4, -0.2) is 19.4 Å². The lowest BCUT2D eigenvalue weighted by Crippen LogP contribution is -2.08. The van der Waals surface area contributed by atoms with E-state index < -0.39 is 7.83 Å². The summed E-state index contributed by atoms with van der Waals surface area (Å²) in [6, 6.07) is 16.2. The van der Waals surface area contributed by atoms with E-state index in [0.29, 0.717) is 11.1 Å². The lowest BCUT2D eigenvalue weighted by molar-refractivity contribution is 0.0894. The second-order valence-electron chi connectivity index (χ2n) is 4.34. The zero-order valence-corrected chi connectivity index (χ0v) is 11.6. The number of carbonyl (C=O) groups is 2. The molecule has 0 saturated carbocycles. The second kappa shape index (κ2) is 8.79. The molecule has 21 heavy (non-hydrogen) atoms. The normalized spacial score (nSPS) is 9.29. The number of Topliss-reactive ketones (excluding diaryl/α,β-unsaturated/α-hetero) is 2. The van der Waals surface area contributed by atoms with Crippen molar-refractivity contribution in [3.05, 3.63) is 71.3 Å². The molecule has 0 fully saturated rings. The standard InChI is InChI=1S/C16H14O2.BF2/c1-12-7-9-14(10-8-12)16(18)11-15(17)13-5-3-2-4-6-13;2-1-3/h2-10H,11H2,1H3;. The average molecular weight is 287 g/mol. The molecule has 0 aliphatic heterocycles. The number of rotatable bonds is 4. The molecule has 0 atom stereocenters. The predicted molar refractivity (Wildman–Crippen MR) is 78.9 cm³/mol. The monoisotopic (exact) mass is 287 g/mol. The van der Waals surface area contributed by atoms with Crippen LogP contribution in [0.15, 0.2) is 54.6 Å². The van der Waals surface area contributed by atoms with Crippen LogP contribution in [0, 0.1) is 6.92 Å². The molecule has 2 nitrogen and oxygen atoms in total. The summed E-state index contributed by atoms with van der Waals surface area (Å²) in [7, 11) is -1.00. The quantitative estimate of drug-likeness (QED) is 0.485. The van der Waals surface area contributed by atoms with Gasteiger partial charge in [0.05, 0.1) is 6.42 Å². The van der Waals surface area contributed by atoms with E-state index >= 15 is 0 Å². The molecule has 1 radical (unpaired) electrons. The molecule has 5 heteroatoms. The van der Waals surface area contributed by atoms with Crippen LogP contribution in [0.1, 0.15) is 32.7 Å². The smallest absolute Gasteiger partial charge is 0.294 e. The highest BCUT2D eigenvalue weighted by atomic mass is 19.2. The Bertz CT molecular complexity index is 583. The highest BCUT2D eigenvalue weighted by Gasteiger charge is 2.12. The van der Waals surface area contributed by atoms with Crippen molar-refractivity contribution >= 4 is 19.4 Å². The molecule has 0 bridgehead atoms. The van der Waals surface area contributed by atoms with Crippen LogP contribution in [0.4, 0.5) is 8.63 Å². The minimum Gasteiger partial charge on any atom is -0.294 e. The van der Waals surface area contributed by atoms with Gasteiger partial charge < -0.3 is 0 Å². The number of aryl methyl sites for hydroxylation is 1. The number of benzene rings is 2. The number of halogens is 2. The SMILES string of the molecule is Cc1ccc(C(=O)CC(=O)c2ccccc2)cc1.F[B]F. The molecule has 2 aromatic carbocycles. The van der Waals surface area contributed by atoms with E-state index in [1.807, 2.05) is 25.1 Å². The molecule has 2 aromatic rings. The van der Waals surface area contributed by atoms with Crippen LogP contribution in [0.2, 0.25) is 0 Å². The highest BCUT2D eigenvalue weighted by molar-refractivity contribution is 6.15. The first kappa shape index (κ1) is 16.8. The molecule has 0 aliphatic rings. The molecule has 0 amide bonds. The van der Waals surface area contributed by atoms with Crippen LogP contribution in [-0.2, 0) is 0 Å². The number of hydrogen-bond donors (Lipinski definition) is 0. The van der Waals surface area contributed by atoms with Gasteiger partial charge in [-0.05, 0) is 6.92 Å². The molecule has 0 N–H and O–H groups in total. The molecule has 0 saturated heterocycles. The summed E-state index contributed by atoms with van der Waals surface area (Å²) in [4.78, 5) is 23.8. The van der Waals surface area contributed by atoms with Gasteiger partial charge in [0.1, 0.15) is 0 Å². The first-order valence-electron chi connectivity index (χ1n) is 6.28. The average Bonchev–Trinajstić information content (AvgIpc) is 2.49. The number of ketones is 2. The third kappa shape index (κ3) is 5.69. The Labute approximate surface area is 123 Å². The summed E-state index contributed by atoms with van der Waals surface area (Å²) in [5.74, 6) is -0.273. The van der Waals surface area contributed by atoms with Crippen molar-refractivity contribution in [3.8, 4) is 0 Å². The van der Waals surface area contributed by atoms with Crippen molar-refractivity contribution in [2.75, 3.05) is 0 Å². The van der Waals surface area contributed by atoms with Crippen molar-refractivity contribution in [3.63, 3.8) is 0 Å². The zero-order valence-electron chi connectivity index (χ0n) is 11.6. The van der Waals surface area contributed by atoms with Gasteiger partial charge in [0.2, 0.25) is 0 Å². The van der Waals surface area contributed by atoms with Gasteiger partial charge in [-0.2, -0.15) is 0 Å². The van der Waals surface area contributed by atoms with Crippen LogP contribution in [0.25, 0.3) is 0 Å². The van der Waals surface area contributed by atoms with Gasteiger partial charge in [-0.1, -0.05) is 60.2 Å². The fraction of sp³-hybridized carbons (Fsp3) is 0.125. The molecular formula is C16H14BF2O2. The van der Waals surface area contributed by atoms with Crippen LogP contribution >= 0.6 is 0 Å². The maximum absolute atomic E-state index is 11.9. The molecule has 0 unspecified atom stereocenters. The molecule has 0 heterocycles. The first-order chi connectivity index (χ1) is 10.1. The van der Waals surface area contributed by atoms with E-state index in [2.05, 4.69) is 0 Å². The maximum atomic E-state index is 11.9. The van der Waals surface area contributed by atoms with Gasteiger partial charge in [-0.3, -0.25) is 18.2 Å². The Morgan fingerprint density at radius 3 is 1.76 bits per heavy atom. The van der Waals surface area contributed by atoms with E-state index in [1.54, 1.807) is 36.4 Å². The number of carbonyl (C=O) groups excluding carboxylic acids is 2. The van der Waals surface area contributed by atoms with Gasteiger partial charge >= 0.3 is 7.83 Å². The Kier molecular flexibility index (Phi) is 7.02. The van der Waals surface area contributed by atoms with E-state index in [4.69, 9.17) is 0 Å². The van der Waals surface area contributed by atoms with Crippen molar-refractivity contribution in [1.29, 1.82) is 0 Å². The Morgan fingerprint density at radius 2 is 1.29 bits per heavy atom. The first-order valence-corrected chi connectivity index (χ1v) is 6.28. The number of hydrogen-bond acceptors (Lipinski definition) is 2. The van der Waals surface area contributed by atoms with Gasteiger partial charge in [-0.15, -0.1) is 0 Å². The lowest BCUT2D eigenvalue weighted by atomic mass is 10.0. The third-order valence-electron chi connectivity index (χ3n) is 2.79. The summed E-state index contributed by atoms with van der Waals surface area (Å²) in [5.41, 5.74) is 2.27. The predicted octanol–water partition coefficient (Wildman–Crippen LogP) is 3.91. The van der Waals surface area contributed by atoms with E-state index in [9.17, 15) is 18.2 Å². The van der Waals surface area contributed by atoms with Crippen LogP contribution in [0.3, 0.4) is 0 Å². The maximum Gasteiger partial charge on any atom is 0.577 e. The van der Waals surface area contributed by atoms with Crippen molar-refractivity contribution < 1.29 is 18.2 Å². The largest absolute Gasteiger partial charge is 0.577 e. The molecule has 0 aromatic heterocycles. The van der Waals surface area contributed by atoms with Gasteiger partial charge in [0, 0.05) is 11.1 Å². The topological polar surface area (TPSA) is 34.1 Å². The van der Waals surface area contributed by atoms with Gasteiger partial charge in [-0.25, -0.2) is 0 Å². The summed E-state index contributed by atoms with van der Waals surface area (Å²) in [6.07, 6.45) is -0.0763. The van der Waals surface area contributed by atoms with E-state index in [0.717, 1.165) is 5.56 Å². The Morgan fingerprint density at radius 1 is 0.857 bits per heavy atom. The summed E-state index contributed by atoms with van der Waals surface area (Å²) < 4.78 is 19.0. The Balaban J connectivity index is 0.000000677. The summed E-state index contributed by atoms with van der Waals surface area (Å²) >= 11 is 0.